The molecule has 0 unspecified atom stereocenters. The molecule has 0 aliphatic rings. The number of aromatic nitrogens is 4. The number of benzene rings is 1. The van der Waals surface area contributed by atoms with Gasteiger partial charge in [-0.15, -0.1) is 21.5 Å². The van der Waals surface area contributed by atoms with E-state index in [-0.39, 0.29) is 23.6 Å². The van der Waals surface area contributed by atoms with Gasteiger partial charge in [0, 0.05) is 23.7 Å². The van der Waals surface area contributed by atoms with Crippen LogP contribution in [0, 0.1) is 6.92 Å². The van der Waals surface area contributed by atoms with Gasteiger partial charge in [0.05, 0.1) is 11.8 Å². The maximum absolute atomic E-state index is 12.3. The molecule has 3 aromatic rings. The monoisotopic (exact) mass is 416 g/mol. The predicted octanol–water partition coefficient (Wildman–Crippen LogP) is 2.80. The molecule has 2 amide bonds. The molecule has 0 aliphatic carbocycles. The number of nitrogens with one attached hydrogen (secondary N) is 2. The summed E-state index contributed by atoms with van der Waals surface area (Å²) in [6, 6.07) is 8.67. The Balaban J connectivity index is 1.57. The van der Waals surface area contributed by atoms with Crippen LogP contribution in [0.4, 0.5) is 5.13 Å². The molecule has 0 radical (unpaired) electrons. The lowest BCUT2D eigenvalue weighted by molar-refractivity contribution is -0.113. The lowest BCUT2D eigenvalue weighted by atomic mass is 10.2. The molecule has 1 aromatic carbocycles. The highest BCUT2D eigenvalue weighted by Crippen LogP contribution is 2.21. The molecule has 0 fully saturated rings. The minimum absolute atomic E-state index is 0.158. The Kier molecular flexibility index (Phi) is 6.42. The summed E-state index contributed by atoms with van der Waals surface area (Å²) in [5.74, 6) is 0.468. The lowest BCUT2D eigenvalue weighted by Gasteiger charge is -2.13. The molecular weight excluding hydrogens is 396 g/mol. The van der Waals surface area contributed by atoms with E-state index in [1.807, 2.05) is 39.1 Å². The average Bonchev–Trinajstić information content (AvgIpc) is 3.26. The molecule has 2 heterocycles. The number of thioether (sulfide) groups is 1. The quantitative estimate of drug-likeness (QED) is 0.574. The molecule has 0 saturated carbocycles. The number of nitrogens with zero attached hydrogens (tertiary/aromatic N) is 4. The zero-order chi connectivity index (χ0) is 20.1. The maximum Gasteiger partial charge on any atom is 0.251 e. The van der Waals surface area contributed by atoms with Gasteiger partial charge in [-0.3, -0.25) is 9.59 Å². The van der Waals surface area contributed by atoms with E-state index in [4.69, 9.17) is 0 Å². The van der Waals surface area contributed by atoms with E-state index in [0.717, 1.165) is 4.88 Å². The molecule has 146 valence electrons. The first-order chi connectivity index (χ1) is 13.4. The Hall–Kier alpha value is -2.72. The van der Waals surface area contributed by atoms with Crippen molar-refractivity contribution in [2.75, 3.05) is 11.1 Å². The Morgan fingerprint density at radius 1 is 1.25 bits per heavy atom. The molecule has 3 rings (SSSR count). The zero-order valence-electron chi connectivity index (χ0n) is 15.7. The molecule has 0 spiro atoms. The molecule has 1 atom stereocenters. The van der Waals surface area contributed by atoms with Crippen LogP contribution in [0.1, 0.15) is 34.0 Å². The van der Waals surface area contributed by atoms with Crippen molar-refractivity contribution in [2.45, 2.75) is 25.0 Å². The number of carbonyl (C=O) groups is 2. The topological polar surface area (TPSA) is 102 Å². The van der Waals surface area contributed by atoms with Gasteiger partial charge in [-0.2, -0.15) is 0 Å². The van der Waals surface area contributed by atoms with E-state index in [2.05, 4.69) is 25.8 Å². The van der Waals surface area contributed by atoms with Crippen molar-refractivity contribution >= 4 is 40.0 Å². The van der Waals surface area contributed by atoms with Crippen LogP contribution in [0.5, 0.6) is 0 Å². The van der Waals surface area contributed by atoms with Crippen LogP contribution < -0.4 is 10.6 Å². The number of thiazole rings is 1. The van der Waals surface area contributed by atoms with Crippen LogP contribution in [-0.2, 0) is 11.8 Å². The van der Waals surface area contributed by atoms with Crippen molar-refractivity contribution in [2.24, 2.45) is 7.05 Å². The van der Waals surface area contributed by atoms with E-state index < -0.39 is 0 Å². The number of rotatable bonds is 7. The zero-order valence-corrected chi connectivity index (χ0v) is 17.3. The van der Waals surface area contributed by atoms with Gasteiger partial charge in [0.2, 0.25) is 5.91 Å². The van der Waals surface area contributed by atoms with Gasteiger partial charge in [-0.25, -0.2) is 4.98 Å². The second kappa shape index (κ2) is 8.98. The predicted molar refractivity (Wildman–Crippen MR) is 110 cm³/mol. The maximum atomic E-state index is 12.3. The first-order valence-electron chi connectivity index (χ1n) is 8.54. The van der Waals surface area contributed by atoms with E-state index in [1.54, 1.807) is 22.9 Å². The summed E-state index contributed by atoms with van der Waals surface area (Å²) >= 11 is 2.70. The molecule has 8 nitrogen and oxygen atoms in total. The highest BCUT2D eigenvalue weighted by molar-refractivity contribution is 7.99. The van der Waals surface area contributed by atoms with E-state index >= 15 is 0 Å². The summed E-state index contributed by atoms with van der Waals surface area (Å²) in [6.07, 6.45) is 1.72. The summed E-state index contributed by atoms with van der Waals surface area (Å²) in [6.45, 7) is 3.78. The fourth-order valence-electron chi connectivity index (χ4n) is 2.46. The summed E-state index contributed by atoms with van der Waals surface area (Å²) in [5, 5.41) is 15.1. The number of anilines is 1. The second-order valence-electron chi connectivity index (χ2n) is 6.07. The Morgan fingerprint density at radius 3 is 2.68 bits per heavy atom. The minimum atomic E-state index is -0.327. The Bertz CT molecular complexity index is 970. The van der Waals surface area contributed by atoms with Crippen LogP contribution in [-0.4, -0.2) is 37.3 Å². The van der Waals surface area contributed by atoms with Crippen LogP contribution in [0.2, 0.25) is 0 Å². The first kappa shape index (κ1) is 20.0. The van der Waals surface area contributed by atoms with E-state index in [0.29, 0.717) is 21.7 Å². The molecule has 0 bridgehead atoms. The van der Waals surface area contributed by atoms with Crippen molar-refractivity contribution in [1.29, 1.82) is 0 Å². The van der Waals surface area contributed by atoms with Crippen LogP contribution >= 0.6 is 23.1 Å². The fourth-order valence-corrected chi connectivity index (χ4v) is 3.86. The van der Waals surface area contributed by atoms with Gasteiger partial charge in [-0.05, 0) is 26.0 Å². The van der Waals surface area contributed by atoms with Crippen LogP contribution in [0.25, 0.3) is 0 Å². The average molecular weight is 417 g/mol. The Labute approximate surface area is 170 Å². The number of hydrogen-bond acceptors (Lipinski definition) is 7. The van der Waals surface area contributed by atoms with Crippen molar-refractivity contribution in [3.8, 4) is 0 Å². The van der Waals surface area contributed by atoms with Gasteiger partial charge in [-0.1, -0.05) is 30.0 Å². The van der Waals surface area contributed by atoms with Gasteiger partial charge in [0.1, 0.15) is 0 Å². The highest BCUT2D eigenvalue weighted by Gasteiger charge is 2.19. The van der Waals surface area contributed by atoms with Gasteiger partial charge in [0.15, 0.2) is 16.1 Å². The smallest absolute Gasteiger partial charge is 0.251 e. The SMILES string of the molecule is Cc1cnc(NC(=O)CSc2nnc([C@@H](C)NC(=O)c3ccccc3)n2C)s1. The van der Waals surface area contributed by atoms with Crippen molar-refractivity contribution < 1.29 is 9.59 Å². The third kappa shape index (κ3) is 4.96. The third-order valence-electron chi connectivity index (χ3n) is 3.84. The highest BCUT2D eigenvalue weighted by atomic mass is 32.2. The van der Waals surface area contributed by atoms with Gasteiger partial charge in [0.25, 0.3) is 5.91 Å². The summed E-state index contributed by atoms with van der Waals surface area (Å²) in [5.41, 5.74) is 0.584. The van der Waals surface area contributed by atoms with E-state index in [1.165, 1.54) is 23.1 Å². The molecule has 10 heteroatoms. The molecule has 0 saturated heterocycles. The van der Waals surface area contributed by atoms with Crippen molar-refractivity contribution in [1.82, 2.24) is 25.1 Å². The third-order valence-corrected chi connectivity index (χ3v) is 5.69. The number of hydrogen-bond donors (Lipinski definition) is 2. The minimum Gasteiger partial charge on any atom is -0.342 e. The molecule has 2 N–H and O–H groups in total. The van der Waals surface area contributed by atoms with E-state index in [9.17, 15) is 9.59 Å². The lowest BCUT2D eigenvalue weighted by Crippen LogP contribution is -2.28. The summed E-state index contributed by atoms with van der Waals surface area (Å²) in [7, 11) is 1.81. The second-order valence-corrected chi connectivity index (χ2v) is 8.25. The summed E-state index contributed by atoms with van der Waals surface area (Å²) < 4.78 is 1.78. The van der Waals surface area contributed by atoms with Crippen LogP contribution in [0.3, 0.4) is 0 Å². The molecule has 0 aliphatic heterocycles. The molecular formula is C18H20N6O2S2. The molecule has 2 aromatic heterocycles. The largest absolute Gasteiger partial charge is 0.342 e. The number of aryl methyl sites for hydroxylation is 1. The first-order valence-corrected chi connectivity index (χ1v) is 10.3. The van der Waals surface area contributed by atoms with Crippen molar-refractivity contribution in [3.63, 3.8) is 0 Å². The summed E-state index contributed by atoms with van der Waals surface area (Å²) in [4.78, 5) is 29.5. The standard InChI is InChI=1S/C18H20N6O2S2/c1-11-9-19-17(28-11)21-14(25)10-27-18-23-22-15(24(18)3)12(2)20-16(26)13-7-5-4-6-8-13/h4-9,12H,10H2,1-3H3,(H,20,26)(H,19,21,25)/t12-/m1/s1. The fraction of sp³-hybridized carbons (Fsp3) is 0.278. The normalized spacial score (nSPS) is 11.8. The number of carbonyl (C=O) groups excluding carboxylic acids is 2. The Morgan fingerprint density at radius 2 is 2.00 bits per heavy atom. The van der Waals surface area contributed by atoms with Crippen LogP contribution in [0.15, 0.2) is 41.7 Å². The number of amides is 2. The van der Waals surface area contributed by atoms with Gasteiger partial charge < -0.3 is 15.2 Å². The van der Waals surface area contributed by atoms with Crippen molar-refractivity contribution in [3.05, 3.63) is 52.8 Å². The van der Waals surface area contributed by atoms with Gasteiger partial charge >= 0.3 is 0 Å². The molecule has 28 heavy (non-hydrogen) atoms.